The zero-order valence-corrected chi connectivity index (χ0v) is 19.5. The van der Waals surface area contributed by atoms with Crippen LogP contribution in [0.15, 0.2) is 77.7 Å². The van der Waals surface area contributed by atoms with E-state index in [0.717, 1.165) is 15.4 Å². The van der Waals surface area contributed by atoms with Crippen LogP contribution in [0.25, 0.3) is 0 Å². The van der Waals surface area contributed by atoms with Crippen molar-refractivity contribution in [3.63, 3.8) is 0 Å². The first-order valence-corrected chi connectivity index (χ1v) is 11.8. The molecule has 3 aromatic carbocycles. The molecule has 0 spiro atoms. The molecule has 0 aliphatic heterocycles. The van der Waals surface area contributed by atoms with E-state index in [4.69, 9.17) is 4.74 Å². The second-order valence-electron chi connectivity index (χ2n) is 7.82. The minimum absolute atomic E-state index is 0.112. The van der Waals surface area contributed by atoms with Crippen LogP contribution in [0, 0.1) is 6.92 Å². The van der Waals surface area contributed by atoms with Crippen molar-refractivity contribution < 1.29 is 17.9 Å². The molecule has 1 amide bonds. The third kappa shape index (κ3) is 5.29. The largest absolute Gasteiger partial charge is 0.497 e. The van der Waals surface area contributed by atoms with Gasteiger partial charge in [0.25, 0.3) is 10.0 Å². The lowest BCUT2D eigenvalue weighted by atomic mass is 10.0. The summed E-state index contributed by atoms with van der Waals surface area (Å²) < 4.78 is 33.4. The molecule has 0 fully saturated rings. The lowest BCUT2D eigenvalue weighted by molar-refractivity contribution is -0.114. The highest BCUT2D eigenvalue weighted by Gasteiger charge is 2.28. The molecular formula is C25H28N2O4S. The molecule has 0 unspecified atom stereocenters. The Labute approximate surface area is 189 Å². The van der Waals surface area contributed by atoms with E-state index in [2.05, 4.69) is 5.32 Å². The summed E-state index contributed by atoms with van der Waals surface area (Å²) in [5.41, 5.74) is 2.94. The van der Waals surface area contributed by atoms with Crippen LogP contribution in [0.2, 0.25) is 0 Å². The van der Waals surface area contributed by atoms with Gasteiger partial charge in [-0.3, -0.25) is 9.10 Å². The number of anilines is 2. The maximum Gasteiger partial charge on any atom is 0.264 e. The number of hydrogen-bond acceptors (Lipinski definition) is 4. The Balaban J connectivity index is 1.98. The van der Waals surface area contributed by atoms with Gasteiger partial charge in [-0.25, -0.2) is 8.42 Å². The number of hydrogen-bond donors (Lipinski definition) is 1. The molecule has 168 valence electrons. The van der Waals surface area contributed by atoms with E-state index >= 15 is 0 Å². The Morgan fingerprint density at radius 2 is 1.69 bits per heavy atom. The normalized spacial score (nSPS) is 11.3. The van der Waals surface area contributed by atoms with Crippen LogP contribution in [-0.4, -0.2) is 28.0 Å². The second-order valence-corrected chi connectivity index (χ2v) is 9.68. The van der Waals surface area contributed by atoms with Crippen molar-refractivity contribution in [3.05, 3.63) is 83.9 Å². The van der Waals surface area contributed by atoms with E-state index in [1.807, 2.05) is 45.0 Å². The SMILES string of the molecule is COc1cccc(N(CC(=O)Nc2ccccc2C(C)C)S(=O)(=O)c2ccc(C)cc2)c1. The van der Waals surface area contributed by atoms with Crippen LogP contribution in [0.3, 0.4) is 0 Å². The molecule has 0 saturated heterocycles. The molecular weight excluding hydrogens is 424 g/mol. The summed E-state index contributed by atoms with van der Waals surface area (Å²) in [4.78, 5) is 13.1. The predicted octanol–water partition coefficient (Wildman–Crippen LogP) is 4.96. The van der Waals surface area contributed by atoms with Crippen molar-refractivity contribution in [2.45, 2.75) is 31.6 Å². The van der Waals surface area contributed by atoms with E-state index in [1.165, 1.54) is 7.11 Å². The number of nitrogens with one attached hydrogen (secondary N) is 1. The number of carbonyl (C=O) groups excluding carboxylic acids is 1. The fraction of sp³-hybridized carbons (Fsp3) is 0.240. The molecule has 0 radical (unpaired) electrons. The number of sulfonamides is 1. The van der Waals surface area contributed by atoms with Crippen molar-refractivity contribution in [1.29, 1.82) is 0 Å². The molecule has 0 aliphatic rings. The summed E-state index contributed by atoms with van der Waals surface area (Å²) in [5, 5.41) is 2.88. The molecule has 32 heavy (non-hydrogen) atoms. The van der Waals surface area contributed by atoms with Crippen LogP contribution < -0.4 is 14.4 Å². The summed E-state index contributed by atoms with van der Waals surface area (Å²) >= 11 is 0. The van der Waals surface area contributed by atoms with E-state index in [9.17, 15) is 13.2 Å². The number of benzene rings is 3. The van der Waals surface area contributed by atoms with Gasteiger partial charge in [-0.05, 0) is 48.7 Å². The number of aryl methyl sites for hydroxylation is 1. The smallest absolute Gasteiger partial charge is 0.264 e. The van der Waals surface area contributed by atoms with Gasteiger partial charge < -0.3 is 10.1 Å². The number of para-hydroxylation sites is 1. The van der Waals surface area contributed by atoms with Crippen molar-refractivity contribution >= 4 is 27.3 Å². The Bertz CT molecular complexity index is 1190. The average molecular weight is 453 g/mol. The van der Waals surface area contributed by atoms with Gasteiger partial charge in [-0.1, -0.05) is 55.8 Å². The van der Waals surface area contributed by atoms with E-state index in [-0.39, 0.29) is 17.4 Å². The van der Waals surface area contributed by atoms with Crippen LogP contribution >= 0.6 is 0 Å². The number of nitrogens with zero attached hydrogens (tertiary/aromatic N) is 1. The fourth-order valence-electron chi connectivity index (χ4n) is 3.35. The standard InChI is InChI=1S/C25H28N2O4S/c1-18(2)23-10-5-6-11-24(23)26-25(28)17-27(20-8-7-9-21(16-20)31-4)32(29,30)22-14-12-19(3)13-15-22/h5-16,18H,17H2,1-4H3,(H,26,28). The van der Waals surface area contributed by atoms with Crippen molar-refractivity contribution in [2.75, 3.05) is 23.3 Å². The molecule has 1 N–H and O–H groups in total. The van der Waals surface area contributed by atoms with Gasteiger partial charge in [0.15, 0.2) is 0 Å². The van der Waals surface area contributed by atoms with Gasteiger partial charge in [-0.2, -0.15) is 0 Å². The average Bonchev–Trinajstić information content (AvgIpc) is 2.78. The van der Waals surface area contributed by atoms with Crippen LogP contribution in [0.4, 0.5) is 11.4 Å². The minimum atomic E-state index is -3.99. The summed E-state index contributed by atoms with van der Waals surface area (Å²) in [6, 6.07) is 20.7. The van der Waals surface area contributed by atoms with Crippen LogP contribution in [0.5, 0.6) is 5.75 Å². The van der Waals surface area contributed by atoms with Crippen molar-refractivity contribution in [3.8, 4) is 5.75 Å². The summed E-state index contributed by atoms with van der Waals surface area (Å²) in [6.07, 6.45) is 0. The van der Waals surface area contributed by atoms with Crippen molar-refractivity contribution in [2.24, 2.45) is 0 Å². The predicted molar refractivity (Wildman–Crippen MR) is 128 cm³/mol. The van der Waals surface area contributed by atoms with Gasteiger partial charge >= 0.3 is 0 Å². The third-order valence-electron chi connectivity index (χ3n) is 5.09. The van der Waals surface area contributed by atoms with Crippen LogP contribution in [-0.2, 0) is 14.8 Å². The first kappa shape index (κ1) is 23.3. The molecule has 0 heterocycles. The third-order valence-corrected chi connectivity index (χ3v) is 6.88. The second kappa shape index (κ2) is 9.87. The zero-order valence-electron chi connectivity index (χ0n) is 18.7. The number of rotatable bonds is 8. The molecule has 3 rings (SSSR count). The highest BCUT2D eigenvalue weighted by molar-refractivity contribution is 7.92. The van der Waals surface area contributed by atoms with E-state index < -0.39 is 15.9 Å². The van der Waals surface area contributed by atoms with Gasteiger partial charge in [0.2, 0.25) is 5.91 Å². The van der Waals surface area contributed by atoms with Crippen LogP contribution in [0.1, 0.15) is 30.9 Å². The molecule has 0 bridgehead atoms. The molecule has 0 aliphatic carbocycles. The molecule has 7 heteroatoms. The molecule has 0 saturated carbocycles. The topological polar surface area (TPSA) is 75.7 Å². The highest BCUT2D eigenvalue weighted by Crippen LogP contribution is 2.28. The summed E-state index contributed by atoms with van der Waals surface area (Å²) in [6.45, 7) is 5.58. The molecule has 3 aromatic rings. The molecule has 0 aromatic heterocycles. The highest BCUT2D eigenvalue weighted by atomic mass is 32.2. The number of ether oxygens (including phenoxy) is 1. The zero-order chi connectivity index (χ0) is 23.3. The van der Waals surface area contributed by atoms with Crippen molar-refractivity contribution in [1.82, 2.24) is 0 Å². The minimum Gasteiger partial charge on any atom is -0.497 e. The maximum atomic E-state index is 13.5. The first-order chi connectivity index (χ1) is 15.2. The van der Waals surface area contributed by atoms with Gasteiger partial charge in [0.1, 0.15) is 12.3 Å². The Morgan fingerprint density at radius 1 is 1.00 bits per heavy atom. The first-order valence-electron chi connectivity index (χ1n) is 10.3. The summed E-state index contributed by atoms with van der Waals surface area (Å²) in [5.74, 6) is 0.269. The Morgan fingerprint density at radius 3 is 2.34 bits per heavy atom. The summed E-state index contributed by atoms with van der Waals surface area (Å²) in [7, 11) is -2.49. The Kier molecular flexibility index (Phi) is 7.20. The number of carbonyl (C=O) groups is 1. The molecule has 0 atom stereocenters. The monoisotopic (exact) mass is 452 g/mol. The lowest BCUT2D eigenvalue weighted by Crippen LogP contribution is -2.38. The van der Waals surface area contributed by atoms with Gasteiger partial charge in [0, 0.05) is 11.8 Å². The van der Waals surface area contributed by atoms with Gasteiger partial charge in [0.05, 0.1) is 17.7 Å². The van der Waals surface area contributed by atoms with E-state index in [1.54, 1.807) is 48.5 Å². The maximum absolute atomic E-state index is 13.5. The van der Waals surface area contributed by atoms with Gasteiger partial charge in [-0.15, -0.1) is 0 Å². The fourth-order valence-corrected chi connectivity index (χ4v) is 4.77. The van der Waals surface area contributed by atoms with E-state index in [0.29, 0.717) is 17.1 Å². The molecule has 6 nitrogen and oxygen atoms in total. The quantitative estimate of drug-likeness (QED) is 0.524. The lowest BCUT2D eigenvalue weighted by Gasteiger charge is -2.25. The Hall–Kier alpha value is -3.32. The number of amides is 1. The number of methoxy groups -OCH3 is 1.